The summed E-state index contributed by atoms with van der Waals surface area (Å²) < 4.78 is 4.63. The molecule has 0 heterocycles. The molecule has 0 unspecified atom stereocenters. The molecule has 0 aliphatic carbocycles. The maximum Gasteiger partial charge on any atom is 0.407 e. The lowest BCUT2D eigenvalue weighted by atomic mass is 10.1. The molecule has 0 atom stereocenters. The van der Waals surface area contributed by atoms with Gasteiger partial charge in [0.15, 0.2) is 0 Å². The van der Waals surface area contributed by atoms with Gasteiger partial charge in [-0.3, -0.25) is 9.59 Å². The van der Waals surface area contributed by atoms with E-state index in [2.05, 4.69) is 20.7 Å². The van der Waals surface area contributed by atoms with Crippen molar-refractivity contribution in [2.45, 2.75) is 39.7 Å². The van der Waals surface area contributed by atoms with Crippen LogP contribution < -0.4 is 16.0 Å². The van der Waals surface area contributed by atoms with Crippen LogP contribution in [0.25, 0.3) is 0 Å². The minimum atomic E-state index is -0.555. The fourth-order valence-corrected chi connectivity index (χ4v) is 1.19. The SMILES string of the molecule is CCOC(=O)NCCC(=O)NCC(=O)NC(C)(C)C. The van der Waals surface area contributed by atoms with E-state index in [4.69, 9.17) is 0 Å². The van der Waals surface area contributed by atoms with Crippen LogP contribution in [0.1, 0.15) is 34.1 Å². The molecule has 0 bridgehead atoms. The van der Waals surface area contributed by atoms with Crippen LogP contribution in [0.3, 0.4) is 0 Å². The minimum Gasteiger partial charge on any atom is -0.450 e. The van der Waals surface area contributed by atoms with E-state index in [0.717, 1.165) is 0 Å². The van der Waals surface area contributed by atoms with E-state index >= 15 is 0 Å². The Morgan fingerprint density at radius 1 is 1.05 bits per heavy atom. The lowest BCUT2D eigenvalue weighted by Gasteiger charge is -2.20. The zero-order chi connectivity index (χ0) is 14.9. The predicted molar refractivity (Wildman–Crippen MR) is 70.5 cm³/mol. The summed E-state index contributed by atoms with van der Waals surface area (Å²) >= 11 is 0. The van der Waals surface area contributed by atoms with Gasteiger partial charge in [-0.15, -0.1) is 0 Å². The number of rotatable bonds is 6. The van der Waals surface area contributed by atoms with Gasteiger partial charge in [-0.25, -0.2) is 4.79 Å². The van der Waals surface area contributed by atoms with Crippen LogP contribution >= 0.6 is 0 Å². The van der Waals surface area contributed by atoms with Gasteiger partial charge < -0.3 is 20.7 Å². The second-order valence-corrected chi connectivity index (χ2v) is 4.97. The third-order valence-corrected chi connectivity index (χ3v) is 1.86. The van der Waals surface area contributed by atoms with E-state index in [1.165, 1.54) is 0 Å². The highest BCUT2D eigenvalue weighted by Gasteiger charge is 2.14. The number of ether oxygens (including phenoxy) is 1. The summed E-state index contributed by atoms with van der Waals surface area (Å²) in [5, 5.41) is 7.61. The van der Waals surface area contributed by atoms with Gasteiger partial charge in [0.25, 0.3) is 0 Å². The first-order chi connectivity index (χ1) is 8.74. The minimum absolute atomic E-state index is 0.0739. The Balaban J connectivity index is 3.70. The highest BCUT2D eigenvalue weighted by molar-refractivity contribution is 5.85. The Morgan fingerprint density at radius 2 is 1.68 bits per heavy atom. The van der Waals surface area contributed by atoms with Crippen molar-refractivity contribution in [3.63, 3.8) is 0 Å². The number of alkyl carbamates (subject to hydrolysis) is 1. The molecule has 0 aliphatic heterocycles. The Kier molecular flexibility index (Phi) is 7.55. The van der Waals surface area contributed by atoms with E-state index in [9.17, 15) is 14.4 Å². The quantitative estimate of drug-likeness (QED) is 0.642. The number of carbonyl (C=O) groups is 3. The molecule has 19 heavy (non-hydrogen) atoms. The van der Waals surface area contributed by atoms with Gasteiger partial charge in [0.05, 0.1) is 13.2 Å². The van der Waals surface area contributed by atoms with Gasteiger partial charge in [0.1, 0.15) is 0 Å². The van der Waals surface area contributed by atoms with Crippen molar-refractivity contribution < 1.29 is 19.1 Å². The monoisotopic (exact) mass is 273 g/mol. The number of hydrogen-bond acceptors (Lipinski definition) is 4. The Bertz CT molecular complexity index is 323. The van der Waals surface area contributed by atoms with Crippen LogP contribution in [-0.2, 0) is 14.3 Å². The molecule has 7 heteroatoms. The molecule has 0 aromatic heterocycles. The van der Waals surface area contributed by atoms with Crippen molar-refractivity contribution in [3.05, 3.63) is 0 Å². The van der Waals surface area contributed by atoms with Crippen LogP contribution in [0.4, 0.5) is 4.79 Å². The molecule has 0 saturated carbocycles. The summed E-state index contributed by atoms with van der Waals surface area (Å²) in [6.07, 6.45) is -0.456. The van der Waals surface area contributed by atoms with Gasteiger partial charge in [0, 0.05) is 18.5 Å². The molecule has 3 N–H and O–H groups in total. The van der Waals surface area contributed by atoms with Gasteiger partial charge in [0.2, 0.25) is 11.8 Å². The molecule has 0 spiro atoms. The van der Waals surface area contributed by atoms with Crippen molar-refractivity contribution in [1.29, 1.82) is 0 Å². The van der Waals surface area contributed by atoms with E-state index in [1.54, 1.807) is 6.92 Å². The average molecular weight is 273 g/mol. The van der Waals surface area contributed by atoms with Crippen molar-refractivity contribution in [3.8, 4) is 0 Å². The first kappa shape index (κ1) is 17.2. The second-order valence-electron chi connectivity index (χ2n) is 4.97. The van der Waals surface area contributed by atoms with Crippen molar-refractivity contribution in [2.75, 3.05) is 19.7 Å². The smallest absolute Gasteiger partial charge is 0.407 e. The lowest BCUT2D eigenvalue weighted by Crippen LogP contribution is -2.46. The van der Waals surface area contributed by atoms with E-state index in [1.807, 2.05) is 20.8 Å². The summed E-state index contributed by atoms with van der Waals surface area (Å²) in [6.45, 7) is 7.65. The molecule has 7 nitrogen and oxygen atoms in total. The Labute approximate surface area is 113 Å². The van der Waals surface area contributed by atoms with Crippen LogP contribution in [-0.4, -0.2) is 43.1 Å². The first-order valence-electron chi connectivity index (χ1n) is 6.23. The van der Waals surface area contributed by atoms with Crippen LogP contribution in [0, 0.1) is 0 Å². The normalized spacial score (nSPS) is 10.5. The summed E-state index contributed by atoms with van der Waals surface area (Å²) in [5.74, 6) is -0.556. The topological polar surface area (TPSA) is 96.5 Å². The molecule has 0 radical (unpaired) electrons. The van der Waals surface area contributed by atoms with Crippen LogP contribution in [0.5, 0.6) is 0 Å². The van der Waals surface area contributed by atoms with Crippen molar-refractivity contribution in [1.82, 2.24) is 16.0 Å². The molecule has 0 aliphatic rings. The van der Waals surface area contributed by atoms with Gasteiger partial charge >= 0.3 is 6.09 Å². The molecule has 0 rings (SSSR count). The standard InChI is InChI=1S/C12H23N3O4/c1-5-19-11(18)13-7-6-9(16)14-8-10(17)15-12(2,3)4/h5-8H2,1-4H3,(H,13,18)(H,14,16)(H,15,17). The number of nitrogens with one attached hydrogen (secondary N) is 3. The molecule has 0 aromatic carbocycles. The third kappa shape index (κ3) is 11.1. The van der Waals surface area contributed by atoms with E-state index in [0.29, 0.717) is 0 Å². The molecular formula is C12H23N3O4. The molecule has 110 valence electrons. The second kappa shape index (κ2) is 8.34. The maximum absolute atomic E-state index is 11.4. The highest BCUT2D eigenvalue weighted by atomic mass is 16.5. The molecule has 0 fully saturated rings. The summed E-state index contributed by atoms with van der Waals surface area (Å²) in [5.41, 5.74) is -0.326. The van der Waals surface area contributed by atoms with Crippen molar-refractivity contribution in [2.24, 2.45) is 0 Å². The molecule has 0 saturated heterocycles. The first-order valence-corrected chi connectivity index (χ1v) is 6.23. The predicted octanol–water partition coefficient (Wildman–Crippen LogP) is 0.154. The summed E-state index contributed by atoms with van der Waals surface area (Å²) in [7, 11) is 0. The fraction of sp³-hybridized carbons (Fsp3) is 0.750. The third-order valence-electron chi connectivity index (χ3n) is 1.86. The Morgan fingerprint density at radius 3 is 2.21 bits per heavy atom. The van der Waals surface area contributed by atoms with Crippen LogP contribution in [0.15, 0.2) is 0 Å². The van der Waals surface area contributed by atoms with Gasteiger partial charge in [-0.1, -0.05) is 0 Å². The van der Waals surface area contributed by atoms with E-state index in [-0.39, 0.29) is 43.5 Å². The Hall–Kier alpha value is -1.79. The zero-order valence-corrected chi connectivity index (χ0v) is 12.0. The summed E-state index contributed by atoms with van der Waals surface area (Å²) in [4.78, 5) is 33.7. The van der Waals surface area contributed by atoms with Crippen molar-refractivity contribution >= 4 is 17.9 Å². The van der Waals surface area contributed by atoms with Gasteiger partial charge in [-0.2, -0.15) is 0 Å². The van der Waals surface area contributed by atoms with Gasteiger partial charge in [-0.05, 0) is 27.7 Å². The van der Waals surface area contributed by atoms with E-state index < -0.39 is 6.09 Å². The summed E-state index contributed by atoms with van der Waals surface area (Å²) in [6, 6.07) is 0. The molecular weight excluding hydrogens is 250 g/mol. The molecule has 3 amide bonds. The number of carbonyl (C=O) groups excluding carboxylic acids is 3. The number of hydrogen-bond donors (Lipinski definition) is 3. The fourth-order valence-electron chi connectivity index (χ4n) is 1.19. The maximum atomic E-state index is 11.4. The largest absolute Gasteiger partial charge is 0.450 e. The lowest BCUT2D eigenvalue weighted by molar-refractivity contribution is -0.126. The van der Waals surface area contributed by atoms with Crippen LogP contribution in [0.2, 0.25) is 0 Å². The zero-order valence-electron chi connectivity index (χ0n) is 12.0. The number of amides is 3. The molecule has 0 aromatic rings. The highest BCUT2D eigenvalue weighted by Crippen LogP contribution is 1.97. The average Bonchev–Trinajstić information content (AvgIpc) is 2.24.